The minimum absolute atomic E-state index is 0.164. The van der Waals surface area contributed by atoms with Gasteiger partial charge in [-0.1, -0.05) is 0 Å². The highest BCUT2D eigenvalue weighted by atomic mass is 19.1. The average Bonchev–Trinajstić information content (AvgIpc) is 2.89. The number of rotatable bonds is 5. The van der Waals surface area contributed by atoms with E-state index in [2.05, 4.69) is 10.4 Å². The van der Waals surface area contributed by atoms with Crippen LogP contribution in [0.4, 0.5) is 10.1 Å². The Morgan fingerprint density at radius 2 is 2.28 bits per heavy atom. The van der Waals surface area contributed by atoms with Gasteiger partial charge in [0, 0.05) is 24.6 Å². The van der Waals surface area contributed by atoms with E-state index in [1.54, 1.807) is 30.6 Å². The van der Waals surface area contributed by atoms with Crippen molar-refractivity contribution in [2.45, 2.75) is 6.10 Å². The molecule has 1 aromatic carbocycles. The summed E-state index contributed by atoms with van der Waals surface area (Å²) in [5, 5.41) is 24.6. The molecule has 1 heterocycles. The molecule has 0 bridgehead atoms. The van der Waals surface area contributed by atoms with Crippen molar-refractivity contribution < 1.29 is 14.6 Å². The van der Waals surface area contributed by atoms with Gasteiger partial charge in [0.25, 0.3) is 0 Å². The number of aliphatic hydroxyl groups excluding tert-OH is 2. The van der Waals surface area contributed by atoms with Gasteiger partial charge in [0.1, 0.15) is 5.69 Å². The van der Waals surface area contributed by atoms with Crippen LogP contribution < -0.4 is 5.32 Å². The van der Waals surface area contributed by atoms with Crippen molar-refractivity contribution in [3.63, 3.8) is 0 Å². The summed E-state index contributed by atoms with van der Waals surface area (Å²) in [6.45, 7) is -0.169. The van der Waals surface area contributed by atoms with E-state index in [9.17, 15) is 9.50 Å². The van der Waals surface area contributed by atoms with Gasteiger partial charge in [-0.15, -0.1) is 0 Å². The molecule has 2 rings (SSSR count). The lowest BCUT2D eigenvalue weighted by molar-refractivity contribution is 0.105. The molecular formula is C12H14FN3O2. The number of anilines is 1. The molecule has 0 aliphatic carbocycles. The van der Waals surface area contributed by atoms with Crippen LogP contribution in [0.5, 0.6) is 0 Å². The molecule has 0 saturated heterocycles. The highest BCUT2D eigenvalue weighted by Gasteiger charge is 2.07. The quantitative estimate of drug-likeness (QED) is 0.734. The Balaban J connectivity index is 2.10. The number of halogens is 1. The third-order valence-corrected chi connectivity index (χ3v) is 2.45. The van der Waals surface area contributed by atoms with E-state index in [0.717, 1.165) is 0 Å². The van der Waals surface area contributed by atoms with Crippen LogP contribution in [0.2, 0.25) is 0 Å². The highest BCUT2D eigenvalue weighted by Crippen LogP contribution is 2.17. The topological polar surface area (TPSA) is 70.3 Å². The molecule has 1 unspecified atom stereocenters. The van der Waals surface area contributed by atoms with Crippen LogP contribution >= 0.6 is 0 Å². The monoisotopic (exact) mass is 251 g/mol. The highest BCUT2D eigenvalue weighted by molar-refractivity contribution is 5.49. The second-order valence-corrected chi connectivity index (χ2v) is 3.83. The van der Waals surface area contributed by atoms with Gasteiger partial charge in [0.15, 0.2) is 5.82 Å². The average molecular weight is 251 g/mol. The Hall–Kier alpha value is -1.92. The number of hydrogen-bond acceptors (Lipinski definition) is 4. The Morgan fingerprint density at radius 1 is 1.44 bits per heavy atom. The fourth-order valence-electron chi connectivity index (χ4n) is 1.51. The maximum Gasteiger partial charge on any atom is 0.150 e. The van der Waals surface area contributed by atoms with E-state index in [4.69, 9.17) is 5.11 Å². The van der Waals surface area contributed by atoms with Gasteiger partial charge in [-0.25, -0.2) is 9.07 Å². The predicted octanol–water partition coefficient (Wildman–Crippen LogP) is 0.777. The van der Waals surface area contributed by atoms with Crippen LogP contribution in [0.3, 0.4) is 0 Å². The van der Waals surface area contributed by atoms with Crippen LogP contribution in [-0.2, 0) is 0 Å². The molecule has 1 atom stereocenters. The van der Waals surface area contributed by atoms with Gasteiger partial charge in [0.05, 0.1) is 12.7 Å². The summed E-state index contributed by atoms with van der Waals surface area (Å²) in [6, 6.07) is 6.31. The van der Waals surface area contributed by atoms with Crippen LogP contribution in [0, 0.1) is 5.82 Å². The van der Waals surface area contributed by atoms with Crippen LogP contribution in [0.1, 0.15) is 0 Å². The summed E-state index contributed by atoms with van der Waals surface area (Å²) in [6.07, 6.45) is 2.36. The molecule has 0 saturated carbocycles. The number of nitrogens with zero attached hydrogens (tertiary/aromatic N) is 2. The number of nitrogens with one attached hydrogen (secondary N) is 1. The van der Waals surface area contributed by atoms with E-state index < -0.39 is 11.9 Å². The van der Waals surface area contributed by atoms with E-state index in [-0.39, 0.29) is 13.2 Å². The standard InChI is InChI=1S/C12H14FN3O2/c13-11-6-9(14-7-10(18)8-17)2-3-12(11)16-5-1-4-15-16/h1-6,10,14,17-18H,7-8H2. The first kappa shape index (κ1) is 12.5. The van der Waals surface area contributed by atoms with Crippen molar-refractivity contribution in [2.75, 3.05) is 18.5 Å². The molecule has 96 valence electrons. The lowest BCUT2D eigenvalue weighted by atomic mass is 10.2. The zero-order valence-corrected chi connectivity index (χ0v) is 9.62. The van der Waals surface area contributed by atoms with Gasteiger partial charge in [-0.2, -0.15) is 5.10 Å². The molecule has 0 spiro atoms. The molecule has 0 radical (unpaired) electrons. The molecule has 0 aliphatic rings. The number of hydrogen-bond donors (Lipinski definition) is 3. The first-order chi connectivity index (χ1) is 8.70. The molecule has 0 amide bonds. The van der Waals surface area contributed by atoms with Gasteiger partial charge in [-0.05, 0) is 24.3 Å². The Morgan fingerprint density at radius 3 is 2.89 bits per heavy atom. The Labute approximate surface area is 103 Å². The summed E-state index contributed by atoms with van der Waals surface area (Å²) in [5.74, 6) is -0.415. The lowest BCUT2D eigenvalue weighted by Gasteiger charge is -2.11. The summed E-state index contributed by atoms with van der Waals surface area (Å²) in [7, 11) is 0. The van der Waals surface area contributed by atoms with Crippen molar-refractivity contribution in [3.8, 4) is 5.69 Å². The van der Waals surface area contributed by atoms with Gasteiger partial charge in [-0.3, -0.25) is 0 Å². The number of benzene rings is 1. The van der Waals surface area contributed by atoms with Gasteiger partial charge >= 0.3 is 0 Å². The fourth-order valence-corrected chi connectivity index (χ4v) is 1.51. The third kappa shape index (κ3) is 2.85. The summed E-state index contributed by atoms with van der Waals surface area (Å²) >= 11 is 0. The third-order valence-electron chi connectivity index (χ3n) is 2.45. The molecule has 5 nitrogen and oxygen atoms in total. The summed E-state index contributed by atoms with van der Waals surface area (Å²) < 4.78 is 15.2. The van der Waals surface area contributed by atoms with Crippen LogP contribution in [0.15, 0.2) is 36.7 Å². The fraction of sp³-hybridized carbons (Fsp3) is 0.250. The molecule has 6 heteroatoms. The molecular weight excluding hydrogens is 237 g/mol. The van der Waals surface area contributed by atoms with Gasteiger partial charge < -0.3 is 15.5 Å². The van der Waals surface area contributed by atoms with Crippen molar-refractivity contribution in [1.82, 2.24) is 9.78 Å². The largest absolute Gasteiger partial charge is 0.394 e. The van der Waals surface area contributed by atoms with Crippen molar-refractivity contribution in [1.29, 1.82) is 0 Å². The van der Waals surface area contributed by atoms with E-state index in [1.807, 2.05) is 0 Å². The van der Waals surface area contributed by atoms with Crippen LogP contribution in [0.25, 0.3) is 5.69 Å². The molecule has 2 aromatic rings. The minimum Gasteiger partial charge on any atom is -0.394 e. The second-order valence-electron chi connectivity index (χ2n) is 3.83. The summed E-state index contributed by atoms with van der Waals surface area (Å²) in [4.78, 5) is 0. The summed E-state index contributed by atoms with van der Waals surface area (Å²) in [5.41, 5.74) is 0.893. The zero-order chi connectivity index (χ0) is 13.0. The number of aromatic nitrogens is 2. The first-order valence-corrected chi connectivity index (χ1v) is 5.53. The smallest absolute Gasteiger partial charge is 0.150 e. The van der Waals surface area contributed by atoms with Gasteiger partial charge in [0.2, 0.25) is 0 Å². The SMILES string of the molecule is OCC(O)CNc1ccc(-n2cccn2)c(F)c1. The molecule has 0 aliphatic heterocycles. The van der Waals surface area contributed by atoms with Crippen molar-refractivity contribution >= 4 is 5.69 Å². The molecule has 0 fully saturated rings. The maximum absolute atomic E-state index is 13.8. The minimum atomic E-state index is -0.862. The molecule has 3 N–H and O–H groups in total. The second kappa shape index (κ2) is 5.61. The maximum atomic E-state index is 13.8. The Kier molecular flexibility index (Phi) is 3.91. The first-order valence-electron chi connectivity index (χ1n) is 5.53. The Bertz CT molecular complexity index is 502. The van der Waals surface area contributed by atoms with E-state index in [1.165, 1.54) is 10.7 Å². The molecule has 18 heavy (non-hydrogen) atoms. The normalized spacial score (nSPS) is 12.4. The lowest BCUT2D eigenvalue weighted by Crippen LogP contribution is -2.23. The molecule has 1 aromatic heterocycles. The zero-order valence-electron chi connectivity index (χ0n) is 9.62. The predicted molar refractivity (Wildman–Crippen MR) is 65.1 cm³/mol. The van der Waals surface area contributed by atoms with Crippen molar-refractivity contribution in [3.05, 3.63) is 42.5 Å². The van der Waals surface area contributed by atoms with E-state index in [0.29, 0.717) is 11.4 Å². The van der Waals surface area contributed by atoms with Crippen LogP contribution in [-0.4, -0.2) is 39.2 Å². The van der Waals surface area contributed by atoms with E-state index >= 15 is 0 Å². The van der Waals surface area contributed by atoms with Crippen molar-refractivity contribution in [2.24, 2.45) is 0 Å². The number of aliphatic hydroxyl groups is 2.